The average molecular weight is 254 g/mol. The summed E-state index contributed by atoms with van der Waals surface area (Å²) in [7, 11) is 0. The van der Waals surface area contributed by atoms with Crippen molar-refractivity contribution in [2.45, 2.75) is 38.5 Å². The number of hydrogen-bond acceptors (Lipinski definition) is 4. The normalized spacial score (nSPS) is 20.4. The van der Waals surface area contributed by atoms with Crippen LogP contribution in [0.2, 0.25) is 0 Å². The summed E-state index contributed by atoms with van der Waals surface area (Å²) in [5.41, 5.74) is 0.769. The van der Waals surface area contributed by atoms with Gasteiger partial charge in [-0.2, -0.15) is 0 Å². The molecule has 1 aliphatic heterocycles. The molecule has 4 nitrogen and oxygen atoms in total. The molecule has 2 heterocycles. The predicted molar refractivity (Wildman–Crippen MR) is 67.9 cm³/mol. The molecule has 0 spiro atoms. The lowest BCUT2D eigenvalue weighted by Crippen LogP contribution is -2.28. The van der Waals surface area contributed by atoms with E-state index in [0.717, 1.165) is 49.5 Å². The van der Waals surface area contributed by atoms with Crippen LogP contribution < -0.4 is 5.32 Å². The van der Waals surface area contributed by atoms with E-state index in [1.54, 1.807) is 0 Å². The summed E-state index contributed by atoms with van der Waals surface area (Å²) < 4.78 is 0. The van der Waals surface area contributed by atoms with Crippen LogP contribution in [0.5, 0.6) is 0 Å². The Labute approximate surface area is 105 Å². The molecule has 2 N–H and O–H groups in total. The number of piperidine rings is 1. The number of thiazole rings is 1. The zero-order chi connectivity index (χ0) is 12.3. The summed E-state index contributed by atoms with van der Waals surface area (Å²) in [5, 5.41) is 13.5. The van der Waals surface area contributed by atoms with Crippen LogP contribution in [0.15, 0.2) is 0 Å². The van der Waals surface area contributed by atoms with E-state index in [2.05, 4.69) is 10.3 Å². The van der Waals surface area contributed by atoms with Gasteiger partial charge in [0.05, 0.1) is 10.7 Å². The highest BCUT2D eigenvalue weighted by Crippen LogP contribution is 2.30. The first-order valence-electron chi connectivity index (χ1n) is 6.16. The molecule has 17 heavy (non-hydrogen) atoms. The van der Waals surface area contributed by atoms with E-state index in [1.807, 2.05) is 6.92 Å². The quantitative estimate of drug-likeness (QED) is 0.865. The summed E-state index contributed by atoms with van der Waals surface area (Å²) in [6.07, 6.45) is 3.96. The predicted octanol–water partition coefficient (Wildman–Crippen LogP) is 2.26. The summed E-state index contributed by atoms with van der Waals surface area (Å²) in [4.78, 5) is 16.1. The fourth-order valence-corrected chi connectivity index (χ4v) is 3.27. The van der Waals surface area contributed by atoms with Gasteiger partial charge < -0.3 is 10.4 Å². The molecule has 94 valence electrons. The van der Waals surface area contributed by atoms with Crippen molar-refractivity contribution in [2.24, 2.45) is 0 Å². The number of carboxylic acid groups (broad SMARTS) is 1. The van der Waals surface area contributed by atoms with Gasteiger partial charge in [-0.1, -0.05) is 13.3 Å². The third-order valence-electron chi connectivity index (χ3n) is 3.04. The van der Waals surface area contributed by atoms with Crippen LogP contribution in [-0.4, -0.2) is 29.1 Å². The van der Waals surface area contributed by atoms with E-state index in [1.165, 1.54) is 11.3 Å². The maximum absolute atomic E-state index is 11.1. The minimum Gasteiger partial charge on any atom is -0.477 e. The van der Waals surface area contributed by atoms with Crippen molar-refractivity contribution < 1.29 is 9.90 Å². The van der Waals surface area contributed by atoms with Crippen molar-refractivity contribution in [1.29, 1.82) is 0 Å². The zero-order valence-electron chi connectivity index (χ0n) is 10.0. The van der Waals surface area contributed by atoms with E-state index < -0.39 is 5.97 Å². The molecule has 1 aromatic heterocycles. The monoisotopic (exact) mass is 254 g/mol. The molecule has 0 saturated carbocycles. The van der Waals surface area contributed by atoms with Gasteiger partial charge in [0.25, 0.3) is 0 Å². The summed E-state index contributed by atoms with van der Waals surface area (Å²) in [5.74, 6) is -0.432. The molecule has 1 unspecified atom stereocenters. The highest BCUT2D eigenvalue weighted by molar-refractivity contribution is 7.13. The number of aromatic carboxylic acids is 1. The molecule has 1 aliphatic rings. The molecule has 1 fully saturated rings. The van der Waals surface area contributed by atoms with Gasteiger partial charge in [-0.15, -0.1) is 11.3 Å². The van der Waals surface area contributed by atoms with Crippen molar-refractivity contribution in [3.05, 3.63) is 15.6 Å². The number of nitrogens with one attached hydrogen (secondary N) is 1. The number of aryl methyl sites for hydroxylation is 1. The standard InChI is InChI=1S/C12H18N2O2S/c1-2-4-9-10(12(15)16)17-11(14-9)8-5-3-6-13-7-8/h8,13H,2-7H2,1H3,(H,15,16). The maximum Gasteiger partial charge on any atom is 0.347 e. The zero-order valence-corrected chi connectivity index (χ0v) is 10.8. The number of aromatic nitrogens is 1. The van der Waals surface area contributed by atoms with Gasteiger partial charge in [0.15, 0.2) is 0 Å². The van der Waals surface area contributed by atoms with Crippen LogP contribution in [0.25, 0.3) is 0 Å². The SMILES string of the molecule is CCCc1nc(C2CCCNC2)sc1C(=O)O. The van der Waals surface area contributed by atoms with Gasteiger partial charge >= 0.3 is 5.97 Å². The Morgan fingerprint density at radius 2 is 2.47 bits per heavy atom. The summed E-state index contributed by atoms with van der Waals surface area (Å²) >= 11 is 1.36. The third kappa shape index (κ3) is 2.84. The van der Waals surface area contributed by atoms with E-state index >= 15 is 0 Å². The van der Waals surface area contributed by atoms with E-state index in [-0.39, 0.29) is 0 Å². The Morgan fingerprint density at radius 1 is 1.65 bits per heavy atom. The fourth-order valence-electron chi connectivity index (χ4n) is 2.18. The first-order chi connectivity index (χ1) is 8.22. The highest BCUT2D eigenvalue weighted by Gasteiger charge is 2.23. The van der Waals surface area contributed by atoms with E-state index in [9.17, 15) is 4.79 Å². The topological polar surface area (TPSA) is 62.2 Å². The van der Waals surface area contributed by atoms with E-state index in [4.69, 9.17) is 5.11 Å². The van der Waals surface area contributed by atoms with Crippen LogP contribution in [-0.2, 0) is 6.42 Å². The van der Waals surface area contributed by atoms with Crippen molar-refractivity contribution in [3.8, 4) is 0 Å². The summed E-state index contributed by atoms with van der Waals surface area (Å²) in [6, 6.07) is 0. The van der Waals surface area contributed by atoms with Crippen molar-refractivity contribution in [3.63, 3.8) is 0 Å². The molecule has 5 heteroatoms. The molecule has 0 radical (unpaired) electrons. The molecule has 0 aromatic carbocycles. The number of carboxylic acids is 1. The van der Waals surface area contributed by atoms with Gasteiger partial charge in [-0.3, -0.25) is 0 Å². The molecule has 2 rings (SSSR count). The van der Waals surface area contributed by atoms with Gasteiger partial charge in [0.2, 0.25) is 0 Å². The molecule has 1 saturated heterocycles. The van der Waals surface area contributed by atoms with Crippen LogP contribution in [0.1, 0.15) is 52.5 Å². The minimum absolute atomic E-state index is 0.400. The van der Waals surface area contributed by atoms with Crippen LogP contribution in [0, 0.1) is 0 Å². The van der Waals surface area contributed by atoms with Crippen molar-refractivity contribution in [2.75, 3.05) is 13.1 Å². The molecule has 1 atom stereocenters. The van der Waals surface area contributed by atoms with Gasteiger partial charge in [0, 0.05) is 12.5 Å². The lowest BCUT2D eigenvalue weighted by Gasteiger charge is -2.20. The first kappa shape index (κ1) is 12.5. The second kappa shape index (κ2) is 5.60. The Balaban J connectivity index is 2.22. The van der Waals surface area contributed by atoms with Crippen molar-refractivity contribution >= 4 is 17.3 Å². The minimum atomic E-state index is -0.832. The van der Waals surface area contributed by atoms with E-state index in [0.29, 0.717) is 10.8 Å². The van der Waals surface area contributed by atoms with Crippen molar-refractivity contribution in [1.82, 2.24) is 10.3 Å². The molecule has 0 bridgehead atoms. The largest absolute Gasteiger partial charge is 0.477 e. The van der Waals surface area contributed by atoms with Gasteiger partial charge in [-0.25, -0.2) is 9.78 Å². The number of carbonyl (C=O) groups is 1. The van der Waals surface area contributed by atoms with Crippen LogP contribution in [0.3, 0.4) is 0 Å². The second-order valence-corrected chi connectivity index (χ2v) is 5.46. The average Bonchev–Trinajstić information content (AvgIpc) is 2.75. The Kier molecular flexibility index (Phi) is 4.12. The van der Waals surface area contributed by atoms with Gasteiger partial charge in [0.1, 0.15) is 4.88 Å². The lowest BCUT2D eigenvalue weighted by molar-refractivity contribution is 0.0700. The number of hydrogen-bond donors (Lipinski definition) is 2. The second-order valence-electron chi connectivity index (χ2n) is 4.43. The molecular formula is C12H18N2O2S. The first-order valence-corrected chi connectivity index (χ1v) is 6.97. The highest BCUT2D eigenvalue weighted by atomic mass is 32.1. The Hall–Kier alpha value is -0.940. The maximum atomic E-state index is 11.1. The number of nitrogens with zero attached hydrogens (tertiary/aromatic N) is 1. The molecule has 0 amide bonds. The van der Waals surface area contributed by atoms with Gasteiger partial charge in [-0.05, 0) is 25.8 Å². The fraction of sp³-hybridized carbons (Fsp3) is 0.667. The summed E-state index contributed by atoms with van der Waals surface area (Å²) in [6.45, 7) is 4.04. The van der Waals surface area contributed by atoms with Crippen LogP contribution in [0.4, 0.5) is 0 Å². The number of rotatable bonds is 4. The molecule has 1 aromatic rings. The molecular weight excluding hydrogens is 236 g/mol. The third-order valence-corrected chi connectivity index (χ3v) is 4.29. The Morgan fingerprint density at radius 3 is 3.06 bits per heavy atom. The molecule has 0 aliphatic carbocycles. The Bertz CT molecular complexity index is 397. The smallest absolute Gasteiger partial charge is 0.347 e. The lowest BCUT2D eigenvalue weighted by atomic mass is 10.0. The van der Waals surface area contributed by atoms with Crippen LogP contribution >= 0.6 is 11.3 Å².